The Morgan fingerprint density at radius 2 is 1.30 bits per heavy atom. The Labute approximate surface area is 371 Å². The quantitative estimate of drug-likeness (QED) is 0.0405. The van der Waals surface area contributed by atoms with Crippen LogP contribution in [0.25, 0.3) is 5.69 Å². The fourth-order valence-corrected chi connectivity index (χ4v) is 7.07. The van der Waals surface area contributed by atoms with Gasteiger partial charge in [0.15, 0.2) is 0 Å². The number of amides is 4. The molecule has 0 aliphatic rings. The van der Waals surface area contributed by atoms with Crippen molar-refractivity contribution in [3.05, 3.63) is 113 Å². The number of aromatic nitrogens is 2. The summed E-state index contributed by atoms with van der Waals surface area (Å²) in [6.07, 6.45) is 10.3. The number of rotatable bonds is 25. The molecule has 63 heavy (non-hydrogen) atoms. The summed E-state index contributed by atoms with van der Waals surface area (Å²) in [6.45, 7) is 10.9. The van der Waals surface area contributed by atoms with E-state index in [1.165, 1.54) is 17.7 Å². The van der Waals surface area contributed by atoms with E-state index in [1.54, 1.807) is 18.5 Å². The van der Waals surface area contributed by atoms with Gasteiger partial charge in [0.2, 0.25) is 23.6 Å². The van der Waals surface area contributed by atoms with Crippen LogP contribution in [-0.4, -0.2) is 80.1 Å². The molecule has 0 fully saturated rings. The predicted molar refractivity (Wildman–Crippen MR) is 244 cm³/mol. The second kappa shape index (κ2) is 24.6. The van der Waals surface area contributed by atoms with Crippen LogP contribution in [0.4, 0.5) is 0 Å². The number of aromatic hydroxyl groups is 1. The third-order valence-electron chi connectivity index (χ3n) is 11.0. The minimum absolute atomic E-state index is 0.00395. The molecule has 4 atom stereocenters. The Kier molecular flexibility index (Phi) is 19.4. The molecule has 0 saturated heterocycles. The summed E-state index contributed by atoms with van der Waals surface area (Å²) >= 11 is 0. The zero-order valence-electron chi connectivity index (χ0n) is 37.5. The molecule has 340 valence electrons. The number of hydrogen-bond acceptors (Lipinski definition) is 8. The number of unbranched alkanes of at least 4 members (excludes halogenated alkanes) is 5. The van der Waals surface area contributed by atoms with Crippen molar-refractivity contribution in [2.24, 2.45) is 5.73 Å². The molecule has 14 nitrogen and oxygen atoms in total. The average Bonchev–Trinajstić information content (AvgIpc) is 3.72. The number of nitrogens with two attached hydrogens (primary N) is 1. The van der Waals surface area contributed by atoms with Gasteiger partial charge in [-0.1, -0.05) is 107 Å². The summed E-state index contributed by atoms with van der Waals surface area (Å²) in [5.41, 5.74) is 11.4. The number of imidazole rings is 1. The maximum Gasteiger partial charge on any atom is 0.326 e. The highest BCUT2D eigenvalue weighted by molar-refractivity contribution is 5.94. The molecule has 0 saturated carbocycles. The molecule has 1 heterocycles. The first-order chi connectivity index (χ1) is 30.0. The molecular weight excluding hydrogens is 799 g/mol. The highest BCUT2D eigenvalue weighted by Crippen LogP contribution is 2.23. The lowest BCUT2D eigenvalue weighted by Gasteiger charge is -2.25. The first-order valence-electron chi connectivity index (χ1n) is 22.2. The fourth-order valence-electron chi connectivity index (χ4n) is 7.07. The Balaban J connectivity index is 1.48. The summed E-state index contributed by atoms with van der Waals surface area (Å²) < 4.78 is 1.85. The number of hydrogen-bond donors (Lipinski definition) is 7. The normalized spacial score (nSPS) is 13.3. The molecule has 0 aliphatic carbocycles. The number of nitrogens with one attached hydrogen (secondary N) is 4. The van der Waals surface area contributed by atoms with Gasteiger partial charge in [0.1, 0.15) is 23.9 Å². The number of carbonyl (C=O) groups excluding carboxylic acids is 4. The molecule has 0 aliphatic heterocycles. The topological polar surface area (TPSA) is 218 Å². The molecular formula is C49H67N7O7. The number of aliphatic carboxylic acids is 1. The van der Waals surface area contributed by atoms with Gasteiger partial charge in [-0.05, 0) is 79.0 Å². The summed E-state index contributed by atoms with van der Waals surface area (Å²) in [4.78, 5) is 71.1. The monoisotopic (exact) mass is 866 g/mol. The van der Waals surface area contributed by atoms with Gasteiger partial charge in [0, 0.05) is 44.1 Å². The van der Waals surface area contributed by atoms with Crippen LogP contribution in [0.15, 0.2) is 85.3 Å². The van der Waals surface area contributed by atoms with E-state index >= 15 is 0 Å². The number of aryl methyl sites for hydroxylation is 1. The van der Waals surface area contributed by atoms with Crippen LogP contribution in [-0.2, 0) is 48.7 Å². The van der Waals surface area contributed by atoms with Gasteiger partial charge < -0.3 is 41.8 Å². The van der Waals surface area contributed by atoms with Crippen LogP contribution in [0.2, 0.25) is 0 Å². The summed E-state index contributed by atoms with van der Waals surface area (Å²) in [5.74, 6) is -3.24. The van der Waals surface area contributed by atoms with E-state index in [4.69, 9.17) is 5.73 Å². The minimum Gasteiger partial charge on any atom is -0.508 e. The van der Waals surface area contributed by atoms with E-state index in [9.17, 15) is 34.2 Å². The van der Waals surface area contributed by atoms with Crippen molar-refractivity contribution in [3.63, 3.8) is 0 Å². The zero-order valence-corrected chi connectivity index (χ0v) is 37.5. The predicted octanol–water partition coefficient (Wildman–Crippen LogP) is 5.73. The lowest BCUT2D eigenvalue weighted by Crippen LogP contribution is -2.58. The number of carbonyl (C=O) groups is 5. The van der Waals surface area contributed by atoms with E-state index < -0.39 is 47.9 Å². The van der Waals surface area contributed by atoms with Gasteiger partial charge in [-0.2, -0.15) is 0 Å². The van der Waals surface area contributed by atoms with Crippen LogP contribution < -0.4 is 27.0 Å². The van der Waals surface area contributed by atoms with Gasteiger partial charge in [0.05, 0.1) is 18.1 Å². The van der Waals surface area contributed by atoms with E-state index in [0.29, 0.717) is 37.1 Å². The molecule has 8 N–H and O–H groups in total. The number of benzene rings is 3. The van der Waals surface area contributed by atoms with Crippen molar-refractivity contribution >= 4 is 29.6 Å². The van der Waals surface area contributed by atoms with Crippen molar-refractivity contribution in [2.45, 2.75) is 141 Å². The molecule has 1 unspecified atom stereocenters. The molecule has 1 aromatic heterocycles. The molecule has 14 heteroatoms. The Bertz CT molecular complexity index is 2080. The highest BCUT2D eigenvalue weighted by atomic mass is 16.4. The smallest absolute Gasteiger partial charge is 0.326 e. The second-order valence-electron chi connectivity index (χ2n) is 17.5. The Hall–Kier alpha value is -6.02. The molecule has 0 bridgehead atoms. The van der Waals surface area contributed by atoms with Crippen LogP contribution in [0, 0.1) is 6.92 Å². The molecule has 3 aromatic carbocycles. The molecule has 4 rings (SSSR count). The zero-order chi connectivity index (χ0) is 45.9. The Morgan fingerprint density at radius 3 is 1.94 bits per heavy atom. The number of phenols is 1. The van der Waals surface area contributed by atoms with Crippen molar-refractivity contribution in [1.82, 2.24) is 30.8 Å². The third kappa shape index (κ3) is 17.0. The minimum atomic E-state index is -1.34. The Morgan fingerprint density at radius 1 is 0.714 bits per heavy atom. The highest BCUT2D eigenvalue weighted by Gasteiger charge is 2.31. The summed E-state index contributed by atoms with van der Waals surface area (Å²) in [6, 6.07) is 16.8. The number of carboxylic acid groups (broad SMARTS) is 1. The van der Waals surface area contributed by atoms with Crippen molar-refractivity contribution in [2.75, 3.05) is 6.54 Å². The van der Waals surface area contributed by atoms with Crippen LogP contribution in [0.5, 0.6) is 5.75 Å². The van der Waals surface area contributed by atoms with Gasteiger partial charge in [-0.15, -0.1) is 0 Å². The number of nitrogens with zero attached hydrogens (tertiary/aromatic N) is 2. The third-order valence-corrected chi connectivity index (χ3v) is 11.0. The van der Waals surface area contributed by atoms with Crippen LogP contribution in [0.1, 0.15) is 113 Å². The standard InChI is InChI=1S/C49H67N7O7/c1-6-7-8-9-10-14-44(58)51-27-12-11-13-41(53-45(59)40(50)30-37-31-56(32-52-37)38-23-21-36(22-24-38)49(3,4)5)46(60)54-42(28-34-17-15-33(2)16-18-34)47(61)55-43(48(62)63)29-35-19-25-39(57)26-20-35/h15-26,31-32,40-43,57H,6-14,27-30,50H2,1-5H3,(H,51,58)(H,53,59)(H,54,60)(H,55,61)(H,62,63)/t40-,41-,42?,43-/m0/s1. The lowest BCUT2D eigenvalue weighted by molar-refractivity contribution is -0.142. The average molecular weight is 866 g/mol. The van der Waals surface area contributed by atoms with Crippen LogP contribution in [0.3, 0.4) is 0 Å². The molecule has 0 spiro atoms. The summed E-state index contributed by atoms with van der Waals surface area (Å²) in [7, 11) is 0. The van der Waals surface area contributed by atoms with E-state index in [2.05, 4.69) is 66.1 Å². The van der Waals surface area contributed by atoms with Crippen molar-refractivity contribution in [3.8, 4) is 11.4 Å². The maximum atomic E-state index is 14.2. The second-order valence-corrected chi connectivity index (χ2v) is 17.5. The van der Waals surface area contributed by atoms with Crippen molar-refractivity contribution < 1.29 is 34.2 Å². The molecule has 4 amide bonds. The van der Waals surface area contributed by atoms with Gasteiger partial charge in [0.25, 0.3) is 0 Å². The first-order valence-corrected chi connectivity index (χ1v) is 22.2. The number of carboxylic acids is 1. The first kappa shape index (κ1) is 49.6. The van der Waals surface area contributed by atoms with E-state index in [1.807, 2.05) is 54.1 Å². The molecule has 0 radical (unpaired) electrons. The van der Waals surface area contributed by atoms with Gasteiger partial charge in [-0.3, -0.25) is 19.2 Å². The van der Waals surface area contributed by atoms with E-state index in [-0.39, 0.29) is 42.8 Å². The summed E-state index contributed by atoms with van der Waals surface area (Å²) in [5, 5.41) is 30.9. The van der Waals surface area contributed by atoms with Gasteiger partial charge in [-0.25, -0.2) is 9.78 Å². The van der Waals surface area contributed by atoms with Crippen LogP contribution >= 0.6 is 0 Å². The lowest BCUT2D eigenvalue weighted by atomic mass is 9.87. The molecule has 4 aromatic rings. The number of phenolic OH excluding ortho intramolecular Hbond substituents is 1. The maximum absolute atomic E-state index is 14.2. The van der Waals surface area contributed by atoms with Crippen molar-refractivity contribution in [1.29, 1.82) is 0 Å². The van der Waals surface area contributed by atoms with Gasteiger partial charge >= 0.3 is 5.97 Å². The largest absolute Gasteiger partial charge is 0.508 e. The van der Waals surface area contributed by atoms with E-state index in [0.717, 1.165) is 48.9 Å². The SMILES string of the molecule is CCCCCCCC(=O)NCCCC[C@H](NC(=O)[C@@H](N)Cc1cn(-c2ccc(C(C)(C)C)cc2)cn1)C(=O)NC(Cc1ccc(C)cc1)C(=O)N[C@@H](Cc1ccc(O)cc1)C(=O)O. The fraction of sp³-hybridized carbons (Fsp3) is 0.469.